The van der Waals surface area contributed by atoms with Gasteiger partial charge in [0.05, 0.1) is 0 Å². The maximum absolute atomic E-state index is 7.33. The summed E-state index contributed by atoms with van der Waals surface area (Å²) in [4.78, 5) is 29.3. The van der Waals surface area contributed by atoms with Crippen LogP contribution in [0.3, 0.4) is 0 Å². The monoisotopic (exact) mass is 202 g/mol. The summed E-state index contributed by atoms with van der Waals surface area (Å²) in [6, 6.07) is 0. The molecule has 6 heteroatoms. The molecule has 0 aromatic heterocycles. The molecule has 0 fully saturated rings. The van der Waals surface area contributed by atoms with Gasteiger partial charge in [-0.1, -0.05) is 0 Å². The van der Waals surface area contributed by atoms with Crippen LogP contribution >= 0.6 is 0 Å². The van der Waals surface area contributed by atoms with Crippen molar-refractivity contribution >= 4 is 9.05 Å². The van der Waals surface area contributed by atoms with Crippen molar-refractivity contribution in [3.63, 3.8) is 0 Å². The van der Waals surface area contributed by atoms with Crippen LogP contribution in [0.25, 0.3) is 0 Å². The van der Waals surface area contributed by atoms with Crippen LogP contribution in [0.2, 0.25) is 0 Å². The van der Waals surface area contributed by atoms with Crippen LogP contribution in [0, 0.1) is 0 Å². The van der Waals surface area contributed by atoms with E-state index in [9.17, 15) is 0 Å². The second kappa shape index (κ2) is 2.82. The van der Waals surface area contributed by atoms with Crippen molar-refractivity contribution in [1.29, 1.82) is 0 Å². The van der Waals surface area contributed by atoms with E-state index in [0.717, 1.165) is 0 Å². The summed E-state index contributed by atoms with van der Waals surface area (Å²) >= 11 is 0. The van der Waals surface area contributed by atoms with Gasteiger partial charge in [-0.15, -0.1) is 0 Å². The summed E-state index contributed by atoms with van der Waals surface area (Å²) in [6.07, 6.45) is 0. The van der Waals surface area contributed by atoms with Gasteiger partial charge in [-0.05, 0) is 0 Å². The van der Waals surface area contributed by atoms with Gasteiger partial charge >= 0.3 is 9.05 Å². The van der Waals surface area contributed by atoms with Crippen molar-refractivity contribution in [2.45, 2.75) is 0 Å². The molecular weight excluding hydrogens is 199 g/mol. The summed E-state index contributed by atoms with van der Waals surface area (Å²) in [7, 11) is -4.61. The van der Waals surface area contributed by atoms with E-state index in [0.29, 0.717) is 0 Å². The van der Waals surface area contributed by atoms with Gasteiger partial charge in [0, 0.05) is 20.4 Å². The van der Waals surface area contributed by atoms with Gasteiger partial charge in [-0.25, -0.2) is 0 Å². The Balaban J connectivity index is 0. The minimum absolute atomic E-state index is 0. The van der Waals surface area contributed by atoms with Crippen molar-refractivity contribution in [1.82, 2.24) is 0 Å². The van der Waals surface area contributed by atoms with Crippen LogP contribution in [-0.2, 0) is 20.4 Å². The minimum atomic E-state index is -4.61. The average Bonchev–Trinajstić information content (AvgIpc) is 0.722. The molecule has 0 aliphatic rings. The summed E-state index contributed by atoms with van der Waals surface area (Å²) in [5.41, 5.74) is 0. The number of hydrogen-bond acceptors (Lipinski definition) is 4. The standard InChI is InChI=1S/H4O4Si.Pd/c1-5(2,3)4;/h1-4H;. The van der Waals surface area contributed by atoms with Crippen molar-refractivity contribution in [2.75, 3.05) is 0 Å². The number of rotatable bonds is 0. The molecule has 0 aromatic carbocycles. The van der Waals surface area contributed by atoms with E-state index in [4.69, 9.17) is 19.2 Å². The van der Waals surface area contributed by atoms with Crippen LogP contribution in [0.4, 0.5) is 0 Å². The Labute approximate surface area is 49.2 Å². The molecule has 0 rings (SSSR count). The van der Waals surface area contributed by atoms with E-state index >= 15 is 0 Å². The zero-order chi connectivity index (χ0) is 4.50. The zero-order valence-electron chi connectivity index (χ0n) is 2.61. The molecule has 0 spiro atoms. The molecule has 0 aromatic rings. The first-order valence-corrected chi connectivity index (χ1v) is 2.68. The maximum Gasteiger partial charge on any atom is 0.668 e. The van der Waals surface area contributed by atoms with Gasteiger partial charge in [0.1, 0.15) is 0 Å². The molecule has 6 heavy (non-hydrogen) atoms. The van der Waals surface area contributed by atoms with E-state index in [1.165, 1.54) is 0 Å². The molecule has 0 saturated carbocycles. The second-order valence-electron chi connectivity index (χ2n) is 0.600. The van der Waals surface area contributed by atoms with Crippen LogP contribution in [0.15, 0.2) is 0 Å². The Morgan fingerprint density at radius 2 is 0.833 bits per heavy atom. The van der Waals surface area contributed by atoms with E-state index in [1.54, 1.807) is 0 Å². The van der Waals surface area contributed by atoms with Crippen molar-refractivity contribution < 1.29 is 39.6 Å². The Kier molecular flexibility index (Phi) is 4.64. The van der Waals surface area contributed by atoms with Gasteiger partial charge < -0.3 is 19.2 Å². The smallest absolute Gasteiger partial charge is 0.368 e. The SMILES string of the molecule is O[Si](O)(O)O.[Pd]. The Bertz CT molecular complexity index is 23.0. The van der Waals surface area contributed by atoms with E-state index in [2.05, 4.69) is 0 Å². The predicted octanol–water partition coefficient (Wildman–Crippen LogP) is -2.61. The summed E-state index contributed by atoms with van der Waals surface area (Å²) in [6.45, 7) is 0. The predicted molar refractivity (Wildman–Crippen MR) is 14.6 cm³/mol. The summed E-state index contributed by atoms with van der Waals surface area (Å²) in [5, 5.41) is 0. The first-order valence-electron chi connectivity index (χ1n) is 0.894. The molecule has 4 N–H and O–H groups in total. The molecule has 4 nitrogen and oxygen atoms in total. The third-order valence-electron chi connectivity index (χ3n) is 0. The van der Waals surface area contributed by atoms with Gasteiger partial charge in [0.15, 0.2) is 0 Å². The normalized spacial score (nSPS) is 10.0. The van der Waals surface area contributed by atoms with Gasteiger partial charge in [0.2, 0.25) is 0 Å². The average molecular weight is 203 g/mol. The summed E-state index contributed by atoms with van der Waals surface area (Å²) in [5.74, 6) is 0. The van der Waals surface area contributed by atoms with Crippen LogP contribution in [0.1, 0.15) is 0 Å². The molecule has 0 amide bonds. The largest absolute Gasteiger partial charge is 0.668 e. The third-order valence-corrected chi connectivity index (χ3v) is 0. The first kappa shape index (κ1) is 9.87. The van der Waals surface area contributed by atoms with E-state index in [-0.39, 0.29) is 20.4 Å². The quantitative estimate of drug-likeness (QED) is 0.325. The molecule has 0 heterocycles. The molecule has 0 bridgehead atoms. The third kappa shape index (κ3) is 126. The molecule has 0 saturated heterocycles. The number of hydrogen-bond donors (Lipinski definition) is 4. The summed E-state index contributed by atoms with van der Waals surface area (Å²) < 4.78 is 0. The molecule has 0 atom stereocenters. The topological polar surface area (TPSA) is 80.9 Å². The Morgan fingerprint density at radius 1 is 0.833 bits per heavy atom. The van der Waals surface area contributed by atoms with E-state index < -0.39 is 9.05 Å². The fraction of sp³-hybridized carbons (Fsp3) is 0. The van der Waals surface area contributed by atoms with E-state index in [1.807, 2.05) is 0 Å². The van der Waals surface area contributed by atoms with Crippen molar-refractivity contribution in [3.05, 3.63) is 0 Å². The fourth-order valence-corrected chi connectivity index (χ4v) is 0. The molecule has 0 aliphatic carbocycles. The van der Waals surface area contributed by atoms with Crippen LogP contribution in [-0.4, -0.2) is 28.2 Å². The molecule has 0 unspecified atom stereocenters. The second-order valence-corrected chi connectivity index (χ2v) is 1.80. The maximum atomic E-state index is 7.33. The molecule has 0 aliphatic heterocycles. The molecule has 42 valence electrons. The van der Waals surface area contributed by atoms with Gasteiger partial charge in [-0.2, -0.15) is 0 Å². The van der Waals surface area contributed by atoms with Crippen molar-refractivity contribution in [2.24, 2.45) is 0 Å². The zero-order valence-corrected chi connectivity index (χ0v) is 5.16. The fourth-order valence-electron chi connectivity index (χ4n) is 0. The Morgan fingerprint density at radius 3 is 0.833 bits per heavy atom. The van der Waals surface area contributed by atoms with Gasteiger partial charge in [-0.3, -0.25) is 0 Å². The molecule has 0 radical (unpaired) electrons. The first-order chi connectivity index (χ1) is 2.00. The molecular formula is H4O4PdSi. The van der Waals surface area contributed by atoms with Crippen LogP contribution < -0.4 is 0 Å². The van der Waals surface area contributed by atoms with Crippen molar-refractivity contribution in [3.8, 4) is 0 Å². The van der Waals surface area contributed by atoms with Crippen LogP contribution in [0.5, 0.6) is 0 Å². The Hall–Kier alpha value is 0.719. The van der Waals surface area contributed by atoms with Gasteiger partial charge in [0.25, 0.3) is 0 Å². The minimum Gasteiger partial charge on any atom is -0.368 e.